The Bertz CT molecular complexity index is 1650. The molecule has 0 bridgehead atoms. The van der Waals surface area contributed by atoms with Crippen molar-refractivity contribution in [3.8, 4) is 5.75 Å². The molecule has 0 unspecified atom stereocenters. The van der Waals surface area contributed by atoms with Crippen molar-refractivity contribution in [1.82, 2.24) is 4.90 Å². The molecule has 0 saturated heterocycles. The van der Waals surface area contributed by atoms with E-state index < -0.39 is 27.4 Å². The molecule has 0 fully saturated rings. The van der Waals surface area contributed by atoms with Crippen LogP contribution >= 0.6 is 0 Å². The fraction of sp³-hybridized carbons (Fsp3) is 0.235. The molecular weight excluding hydrogens is 564 g/mol. The number of benzene rings is 4. The number of rotatable bonds is 11. The highest BCUT2D eigenvalue weighted by Gasteiger charge is 2.24. The lowest BCUT2D eigenvalue weighted by molar-refractivity contribution is 0.0235. The molecule has 4 rings (SSSR count). The first-order chi connectivity index (χ1) is 20.4. The Morgan fingerprint density at radius 3 is 1.93 bits per heavy atom. The lowest BCUT2D eigenvalue weighted by Gasteiger charge is -2.27. The van der Waals surface area contributed by atoms with E-state index in [0.717, 1.165) is 16.7 Å². The minimum absolute atomic E-state index is 0.0192. The zero-order chi connectivity index (χ0) is 31.0. The van der Waals surface area contributed by atoms with Gasteiger partial charge >= 0.3 is 6.09 Å². The van der Waals surface area contributed by atoms with E-state index in [9.17, 15) is 18.0 Å². The third-order valence-corrected chi connectivity index (χ3v) is 8.30. The fourth-order valence-corrected chi connectivity index (χ4v) is 5.62. The normalized spacial score (nSPS) is 11.5. The highest BCUT2D eigenvalue weighted by atomic mass is 32.2. The monoisotopic (exact) mass is 600 g/mol. The molecular formula is C34H36N2O6S. The van der Waals surface area contributed by atoms with Gasteiger partial charge in [0.2, 0.25) is 9.84 Å². The van der Waals surface area contributed by atoms with Crippen molar-refractivity contribution in [2.75, 3.05) is 6.54 Å². The Labute approximate surface area is 253 Å². The van der Waals surface area contributed by atoms with Gasteiger partial charge in [-0.05, 0) is 74.2 Å². The van der Waals surface area contributed by atoms with Gasteiger partial charge in [-0.2, -0.15) is 0 Å². The molecule has 0 aromatic heterocycles. The van der Waals surface area contributed by atoms with Crippen molar-refractivity contribution in [2.45, 2.75) is 55.7 Å². The standard InChI is InChI=1S/C34H36N2O6S/c1-34(2,3)42-33(38)36(23-26-10-6-4-7-11-26)21-20-25-14-16-28(17-15-25)43(39,40)29-18-19-31(30(22-29)32(35)37)41-24-27-12-8-5-9-13-27/h4-19,22H,20-21,23-24H2,1-3H3,(H2,35,37). The molecule has 0 aliphatic heterocycles. The number of primary amides is 1. The Morgan fingerprint density at radius 2 is 1.35 bits per heavy atom. The number of carbonyl (C=O) groups excluding carboxylic acids is 2. The molecule has 0 heterocycles. The third kappa shape index (κ3) is 8.68. The predicted octanol–water partition coefficient (Wildman–Crippen LogP) is 6.18. The first-order valence-electron chi connectivity index (χ1n) is 13.9. The lowest BCUT2D eigenvalue weighted by Crippen LogP contribution is -2.37. The van der Waals surface area contributed by atoms with Gasteiger partial charge in [-0.3, -0.25) is 4.79 Å². The number of hydrogen-bond donors (Lipinski definition) is 1. The SMILES string of the molecule is CC(C)(C)OC(=O)N(CCc1ccc(S(=O)(=O)c2ccc(OCc3ccccc3)c(C(N)=O)c2)cc1)Cc1ccccc1. The fourth-order valence-electron chi connectivity index (χ4n) is 4.33. The lowest BCUT2D eigenvalue weighted by atomic mass is 10.1. The van der Waals surface area contributed by atoms with Crippen molar-refractivity contribution < 1.29 is 27.5 Å². The van der Waals surface area contributed by atoms with Crippen molar-refractivity contribution >= 4 is 21.8 Å². The summed E-state index contributed by atoms with van der Waals surface area (Å²) in [6, 6.07) is 29.6. The number of nitrogens with zero attached hydrogens (tertiary/aromatic N) is 1. The number of amides is 2. The molecule has 8 nitrogen and oxygen atoms in total. The number of ether oxygens (including phenoxy) is 2. The molecule has 0 radical (unpaired) electrons. The van der Waals surface area contributed by atoms with E-state index in [1.165, 1.54) is 30.3 Å². The quantitative estimate of drug-likeness (QED) is 0.220. The maximum absolute atomic E-state index is 13.4. The van der Waals surface area contributed by atoms with Crippen LogP contribution in [-0.4, -0.2) is 37.5 Å². The summed E-state index contributed by atoms with van der Waals surface area (Å²) < 4.78 is 38.3. The average molecular weight is 601 g/mol. The second-order valence-corrected chi connectivity index (χ2v) is 13.0. The van der Waals surface area contributed by atoms with Crippen molar-refractivity contribution in [1.29, 1.82) is 0 Å². The molecule has 224 valence electrons. The van der Waals surface area contributed by atoms with Crippen LogP contribution in [0.5, 0.6) is 5.75 Å². The third-order valence-electron chi connectivity index (χ3n) is 6.54. The molecule has 2 amide bonds. The predicted molar refractivity (Wildman–Crippen MR) is 164 cm³/mol. The van der Waals surface area contributed by atoms with E-state index in [1.54, 1.807) is 17.0 Å². The molecule has 0 aliphatic carbocycles. The minimum atomic E-state index is -3.95. The zero-order valence-corrected chi connectivity index (χ0v) is 25.3. The zero-order valence-electron chi connectivity index (χ0n) is 24.5. The maximum Gasteiger partial charge on any atom is 0.410 e. The van der Waals surface area contributed by atoms with Crippen LogP contribution in [0.3, 0.4) is 0 Å². The first-order valence-corrected chi connectivity index (χ1v) is 15.4. The topological polar surface area (TPSA) is 116 Å². The van der Waals surface area contributed by atoms with Crippen LogP contribution in [0.25, 0.3) is 0 Å². The number of hydrogen-bond acceptors (Lipinski definition) is 6. The second-order valence-electron chi connectivity index (χ2n) is 11.1. The Morgan fingerprint density at radius 1 is 0.767 bits per heavy atom. The molecule has 0 aliphatic rings. The van der Waals surface area contributed by atoms with Crippen LogP contribution < -0.4 is 10.5 Å². The molecule has 9 heteroatoms. The van der Waals surface area contributed by atoms with Crippen molar-refractivity contribution in [3.63, 3.8) is 0 Å². The van der Waals surface area contributed by atoms with Gasteiger partial charge in [0.15, 0.2) is 0 Å². The Balaban J connectivity index is 1.48. The van der Waals surface area contributed by atoms with Gasteiger partial charge < -0.3 is 20.1 Å². The van der Waals surface area contributed by atoms with Crippen LogP contribution in [0.1, 0.15) is 47.8 Å². The van der Waals surface area contributed by atoms with Crippen LogP contribution in [0.4, 0.5) is 4.79 Å². The Hall–Kier alpha value is -4.63. The largest absolute Gasteiger partial charge is 0.488 e. The van der Waals surface area contributed by atoms with Gasteiger partial charge in [-0.1, -0.05) is 72.8 Å². The highest BCUT2D eigenvalue weighted by molar-refractivity contribution is 7.91. The van der Waals surface area contributed by atoms with Crippen molar-refractivity contribution in [3.05, 3.63) is 125 Å². The van der Waals surface area contributed by atoms with E-state index >= 15 is 0 Å². The number of sulfone groups is 1. The van der Waals surface area contributed by atoms with Gasteiger partial charge in [0, 0.05) is 13.1 Å². The van der Waals surface area contributed by atoms with E-state index in [1.807, 2.05) is 81.4 Å². The Kier molecular flexibility index (Phi) is 9.88. The molecule has 0 saturated carbocycles. The number of carbonyl (C=O) groups is 2. The summed E-state index contributed by atoms with van der Waals surface area (Å²) >= 11 is 0. The summed E-state index contributed by atoms with van der Waals surface area (Å²) in [4.78, 5) is 26.7. The molecule has 0 spiro atoms. The van der Waals surface area contributed by atoms with Gasteiger partial charge in [-0.25, -0.2) is 13.2 Å². The molecule has 4 aromatic carbocycles. The minimum Gasteiger partial charge on any atom is -0.488 e. The van der Waals surface area contributed by atoms with Crippen LogP contribution in [0.2, 0.25) is 0 Å². The molecule has 0 atom stereocenters. The van der Waals surface area contributed by atoms with E-state index in [0.29, 0.717) is 19.5 Å². The first kappa shape index (κ1) is 31.3. The summed E-state index contributed by atoms with van der Waals surface area (Å²) in [6.45, 7) is 6.43. The smallest absolute Gasteiger partial charge is 0.410 e. The van der Waals surface area contributed by atoms with E-state index in [4.69, 9.17) is 15.2 Å². The van der Waals surface area contributed by atoms with Crippen LogP contribution in [0.15, 0.2) is 113 Å². The van der Waals surface area contributed by atoms with Gasteiger partial charge in [0.1, 0.15) is 18.0 Å². The maximum atomic E-state index is 13.4. The second kappa shape index (κ2) is 13.6. The summed E-state index contributed by atoms with van der Waals surface area (Å²) in [6.07, 6.45) is 0.0723. The van der Waals surface area contributed by atoms with Gasteiger partial charge in [-0.15, -0.1) is 0 Å². The molecule has 43 heavy (non-hydrogen) atoms. The van der Waals surface area contributed by atoms with E-state index in [-0.39, 0.29) is 27.7 Å². The summed E-state index contributed by atoms with van der Waals surface area (Å²) in [5, 5.41) is 0. The van der Waals surface area contributed by atoms with Gasteiger partial charge in [0.05, 0.1) is 15.4 Å². The summed E-state index contributed by atoms with van der Waals surface area (Å²) in [5.41, 5.74) is 7.63. The highest BCUT2D eigenvalue weighted by Crippen LogP contribution is 2.28. The summed E-state index contributed by atoms with van der Waals surface area (Å²) in [5.74, 6) is -0.587. The number of nitrogens with two attached hydrogens (primary N) is 1. The molecule has 4 aromatic rings. The molecule has 2 N–H and O–H groups in total. The van der Waals surface area contributed by atoms with Gasteiger partial charge in [0.25, 0.3) is 5.91 Å². The van der Waals surface area contributed by atoms with E-state index in [2.05, 4.69) is 0 Å². The van der Waals surface area contributed by atoms with Crippen LogP contribution in [0, 0.1) is 0 Å². The summed E-state index contributed by atoms with van der Waals surface area (Å²) in [7, 11) is -3.95. The van der Waals surface area contributed by atoms with Crippen molar-refractivity contribution in [2.24, 2.45) is 5.73 Å². The average Bonchev–Trinajstić information content (AvgIpc) is 2.98. The van der Waals surface area contributed by atoms with Crippen LogP contribution in [-0.2, 0) is 34.1 Å².